The predicted molar refractivity (Wildman–Crippen MR) is 75.2 cm³/mol. The van der Waals surface area contributed by atoms with Gasteiger partial charge in [0.2, 0.25) is 5.91 Å². The Kier molecular flexibility index (Phi) is 6.89. The van der Waals surface area contributed by atoms with Crippen LogP contribution in [0.5, 0.6) is 0 Å². The van der Waals surface area contributed by atoms with Gasteiger partial charge in [-0.25, -0.2) is 0 Å². The van der Waals surface area contributed by atoms with Gasteiger partial charge in [-0.15, -0.1) is 0 Å². The monoisotopic (exact) mass is 298 g/mol. The normalized spacial score (nSPS) is 10.2. The van der Waals surface area contributed by atoms with E-state index in [-0.39, 0.29) is 5.91 Å². The topological polar surface area (TPSA) is 41.1 Å². The average molecular weight is 299 g/mol. The number of carbonyl (C=O) groups excluding carboxylic acids is 1. The highest BCUT2D eigenvalue weighted by Gasteiger charge is 2.03. The molecule has 0 saturated carbocycles. The van der Waals surface area contributed by atoms with E-state index in [1.807, 2.05) is 24.3 Å². The van der Waals surface area contributed by atoms with E-state index in [0.717, 1.165) is 23.1 Å². The third-order valence-corrected chi connectivity index (χ3v) is 3.08. The molecule has 0 unspecified atom stereocenters. The van der Waals surface area contributed by atoms with E-state index in [9.17, 15) is 4.79 Å². The fraction of sp³-hybridized carbons (Fsp3) is 0.462. The highest BCUT2D eigenvalue weighted by atomic mass is 79.9. The minimum absolute atomic E-state index is 0.00611. The lowest BCUT2D eigenvalue weighted by Gasteiger charge is -2.07. The lowest BCUT2D eigenvalue weighted by molar-refractivity contribution is -0.115. The summed E-state index contributed by atoms with van der Waals surface area (Å²) in [4.78, 5) is 11.6. The Hall–Kier alpha value is -0.870. The van der Waals surface area contributed by atoms with Crippen molar-refractivity contribution in [2.24, 2.45) is 0 Å². The fourth-order valence-corrected chi connectivity index (χ4v) is 1.84. The molecule has 94 valence electrons. The van der Waals surface area contributed by atoms with Crippen LogP contribution in [0.4, 0.5) is 5.69 Å². The molecule has 1 aromatic rings. The zero-order chi connectivity index (χ0) is 12.5. The van der Waals surface area contributed by atoms with Gasteiger partial charge < -0.3 is 10.6 Å². The first kappa shape index (κ1) is 14.2. The number of halogens is 1. The van der Waals surface area contributed by atoms with Crippen molar-refractivity contribution >= 4 is 27.5 Å². The van der Waals surface area contributed by atoms with Gasteiger partial charge in [-0.1, -0.05) is 31.9 Å². The van der Waals surface area contributed by atoms with Crippen molar-refractivity contribution in [2.75, 3.05) is 18.4 Å². The van der Waals surface area contributed by atoms with Crippen LogP contribution in [0.3, 0.4) is 0 Å². The van der Waals surface area contributed by atoms with Crippen LogP contribution in [0, 0.1) is 0 Å². The number of anilines is 1. The van der Waals surface area contributed by atoms with Gasteiger partial charge in [0, 0.05) is 4.47 Å². The van der Waals surface area contributed by atoms with Crippen molar-refractivity contribution in [1.29, 1.82) is 0 Å². The van der Waals surface area contributed by atoms with E-state index in [1.54, 1.807) is 0 Å². The summed E-state index contributed by atoms with van der Waals surface area (Å²) < 4.78 is 0.902. The van der Waals surface area contributed by atoms with Crippen molar-refractivity contribution in [3.63, 3.8) is 0 Å². The number of hydrogen-bond donors (Lipinski definition) is 2. The largest absolute Gasteiger partial charge is 0.324 e. The highest BCUT2D eigenvalue weighted by molar-refractivity contribution is 9.10. The third kappa shape index (κ3) is 5.84. The molecule has 0 aromatic heterocycles. The summed E-state index contributed by atoms with van der Waals surface area (Å²) in [5.41, 5.74) is 0.813. The maximum atomic E-state index is 11.6. The smallest absolute Gasteiger partial charge is 0.238 e. The second kappa shape index (κ2) is 8.25. The molecule has 0 aliphatic heterocycles. The summed E-state index contributed by atoms with van der Waals surface area (Å²) in [5.74, 6) is -0.00611. The summed E-state index contributed by atoms with van der Waals surface area (Å²) in [6, 6.07) is 7.60. The summed E-state index contributed by atoms with van der Waals surface area (Å²) in [6.07, 6.45) is 3.53. The fourth-order valence-electron chi connectivity index (χ4n) is 1.46. The van der Waals surface area contributed by atoms with Crippen LogP contribution in [0.1, 0.15) is 26.2 Å². The Labute approximate surface area is 111 Å². The third-order valence-electron chi connectivity index (χ3n) is 2.39. The molecule has 17 heavy (non-hydrogen) atoms. The van der Waals surface area contributed by atoms with Crippen LogP contribution < -0.4 is 10.6 Å². The van der Waals surface area contributed by atoms with Crippen LogP contribution in [-0.4, -0.2) is 19.0 Å². The molecule has 0 radical (unpaired) electrons. The van der Waals surface area contributed by atoms with Gasteiger partial charge in [-0.05, 0) is 41.0 Å². The molecule has 0 bridgehead atoms. The Morgan fingerprint density at radius 2 is 2.06 bits per heavy atom. The van der Waals surface area contributed by atoms with Crippen molar-refractivity contribution < 1.29 is 4.79 Å². The maximum absolute atomic E-state index is 11.6. The molecule has 3 nitrogen and oxygen atoms in total. The van der Waals surface area contributed by atoms with Crippen molar-refractivity contribution in [3.8, 4) is 0 Å². The molecular formula is C13H19BrN2O. The Morgan fingerprint density at radius 1 is 1.29 bits per heavy atom. The molecule has 1 amide bonds. The molecule has 0 saturated heterocycles. The number of benzene rings is 1. The van der Waals surface area contributed by atoms with E-state index in [1.165, 1.54) is 12.8 Å². The summed E-state index contributed by atoms with van der Waals surface area (Å²) in [7, 11) is 0. The van der Waals surface area contributed by atoms with E-state index in [4.69, 9.17) is 0 Å². The van der Waals surface area contributed by atoms with E-state index < -0.39 is 0 Å². The van der Waals surface area contributed by atoms with Crippen LogP contribution in [-0.2, 0) is 4.79 Å². The van der Waals surface area contributed by atoms with Gasteiger partial charge in [0.05, 0.1) is 12.2 Å². The van der Waals surface area contributed by atoms with Gasteiger partial charge in [-0.2, -0.15) is 0 Å². The van der Waals surface area contributed by atoms with Crippen LogP contribution in [0.2, 0.25) is 0 Å². The van der Waals surface area contributed by atoms with Gasteiger partial charge in [0.1, 0.15) is 0 Å². The molecule has 0 spiro atoms. The Morgan fingerprint density at radius 3 is 2.76 bits per heavy atom. The minimum atomic E-state index is -0.00611. The SMILES string of the molecule is CCCCCNCC(=O)Nc1ccccc1Br. The minimum Gasteiger partial charge on any atom is -0.324 e. The van der Waals surface area contributed by atoms with Crippen LogP contribution >= 0.6 is 15.9 Å². The summed E-state index contributed by atoms with van der Waals surface area (Å²) in [6.45, 7) is 3.43. The zero-order valence-electron chi connectivity index (χ0n) is 10.1. The van der Waals surface area contributed by atoms with E-state index in [2.05, 4.69) is 33.5 Å². The molecule has 1 rings (SSSR count). The van der Waals surface area contributed by atoms with Gasteiger partial charge in [0.25, 0.3) is 0 Å². The number of rotatable bonds is 7. The molecule has 0 heterocycles. The number of nitrogens with one attached hydrogen (secondary N) is 2. The number of unbranched alkanes of at least 4 members (excludes halogenated alkanes) is 2. The van der Waals surface area contributed by atoms with Crippen molar-refractivity contribution in [2.45, 2.75) is 26.2 Å². The average Bonchev–Trinajstić information content (AvgIpc) is 2.32. The van der Waals surface area contributed by atoms with E-state index >= 15 is 0 Å². The summed E-state index contributed by atoms with van der Waals surface area (Å²) in [5, 5.41) is 5.99. The maximum Gasteiger partial charge on any atom is 0.238 e. The molecule has 0 fully saturated rings. The van der Waals surface area contributed by atoms with Crippen LogP contribution in [0.15, 0.2) is 28.7 Å². The van der Waals surface area contributed by atoms with Gasteiger partial charge in [-0.3, -0.25) is 4.79 Å². The second-order valence-corrected chi connectivity index (χ2v) is 4.77. The Bertz CT molecular complexity index is 355. The quantitative estimate of drug-likeness (QED) is 0.759. The van der Waals surface area contributed by atoms with Gasteiger partial charge >= 0.3 is 0 Å². The first-order valence-corrected chi connectivity index (χ1v) is 6.78. The zero-order valence-corrected chi connectivity index (χ0v) is 11.7. The highest BCUT2D eigenvalue weighted by Crippen LogP contribution is 2.20. The predicted octanol–water partition coefficient (Wildman–Crippen LogP) is 3.17. The first-order chi connectivity index (χ1) is 8.24. The molecule has 1 aromatic carbocycles. The molecule has 2 N–H and O–H groups in total. The number of carbonyl (C=O) groups is 1. The molecule has 0 aliphatic carbocycles. The van der Waals surface area contributed by atoms with Crippen LogP contribution in [0.25, 0.3) is 0 Å². The summed E-state index contributed by atoms with van der Waals surface area (Å²) >= 11 is 3.39. The van der Waals surface area contributed by atoms with E-state index in [0.29, 0.717) is 6.54 Å². The number of hydrogen-bond acceptors (Lipinski definition) is 2. The van der Waals surface area contributed by atoms with Gasteiger partial charge in [0.15, 0.2) is 0 Å². The lowest BCUT2D eigenvalue weighted by atomic mass is 10.2. The molecule has 0 atom stereocenters. The number of para-hydroxylation sites is 1. The molecule has 4 heteroatoms. The molecule has 0 aliphatic rings. The molecular weight excluding hydrogens is 280 g/mol. The first-order valence-electron chi connectivity index (χ1n) is 5.99. The van der Waals surface area contributed by atoms with Crippen molar-refractivity contribution in [3.05, 3.63) is 28.7 Å². The van der Waals surface area contributed by atoms with Crippen molar-refractivity contribution in [1.82, 2.24) is 5.32 Å². The number of amides is 1. The second-order valence-electron chi connectivity index (χ2n) is 3.91. The lowest BCUT2D eigenvalue weighted by Crippen LogP contribution is -2.28. The standard InChI is InChI=1S/C13H19BrN2O/c1-2-3-6-9-15-10-13(17)16-12-8-5-4-7-11(12)14/h4-5,7-8,15H,2-3,6,9-10H2,1H3,(H,16,17). The Balaban J connectivity index is 2.23.